The number of nitrogens with zero attached hydrogens (tertiary/aromatic N) is 2. The Morgan fingerprint density at radius 1 is 1.15 bits per heavy atom. The number of carbonyl (C=O) groups excluding carboxylic acids is 1. The van der Waals surface area contributed by atoms with Crippen molar-refractivity contribution in [1.29, 1.82) is 0 Å². The Labute approximate surface area is 154 Å². The van der Waals surface area contributed by atoms with Crippen molar-refractivity contribution in [1.82, 2.24) is 9.55 Å². The van der Waals surface area contributed by atoms with E-state index in [1.165, 1.54) is 11.3 Å². The number of aryl methyl sites for hydroxylation is 1. The van der Waals surface area contributed by atoms with Gasteiger partial charge in [-0.3, -0.25) is 10.1 Å². The van der Waals surface area contributed by atoms with E-state index in [4.69, 9.17) is 4.74 Å². The molecule has 6 heteroatoms. The molecule has 0 unspecified atom stereocenters. The van der Waals surface area contributed by atoms with Crippen LogP contribution in [0.15, 0.2) is 60.0 Å². The maximum absolute atomic E-state index is 12.7. The van der Waals surface area contributed by atoms with Crippen LogP contribution in [0.2, 0.25) is 0 Å². The average molecular weight is 363 g/mol. The molecule has 5 nitrogen and oxygen atoms in total. The van der Waals surface area contributed by atoms with Crippen LogP contribution >= 0.6 is 11.3 Å². The van der Waals surface area contributed by atoms with Gasteiger partial charge in [0.15, 0.2) is 5.13 Å². The lowest BCUT2D eigenvalue weighted by Gasteiger charge is -2.04. The second-order valence-electron chi connectivity index (χ2n) is 5.84. The number of fused-ring (bicyclic) bond motifs is 1. The minimum Gasteiger partial charge on any atom is -0.496 e. The van der Waals surface area contributed by atoms with E-state index in [0.29, 0.717) is 10.8 Å². The van der Waals surface area contributed by atoms with Crippen molar-refractivity contribution < 1.29 is 9.53 Å². The molecule has 0 aliphatic heterocycles. The lowest BCUT2D eigenvalue weighted by Crippen LogP contribution is -2.15. The van der Waals surface area contributed by atoms with Gasteiger partial charge in [0, 0.05) is 23.4 Å². The molecule has 0 bridgehead atoms. The molecule has 0 radical (unpaired) electrons. The van der Waals surface area contributed by atoms with Crippen LogP contribution in [0.5, 0.6) is 5.75 Å². The molecule has 2 aromatic carbocycles. The molecule has 0 saturated heterocycles. The zero-order valence-corrected chi connectivity index (χ0v) is 15.2. The first-order valence-electron chi connectivity index (χ1n) is 8.12. The molecular weight excluding hydrogens is 346 g/mol. The topological polar surface area (TPSA) is 56.1 Å². The van der Waals surface area contributed by atoms with Gasteiger partial charge in [-0.25, -0.2) is 4.98 Å². The quantitative estimate of drug-likeness (QED) is 0.578. The summed E-state index contributed by atoms with van der Waals surface area (Å²) in [6.07, 6.45) is 0. The van der Waals surface area contributed by atoms with E-state index in [2.05, 4.69) is 10.3 Å². The number of thiazole rings is 1. The third-order valence-corrected chi connectivity index (χ3v) is 5.05. The van der Waals surface area contributed by atoms with E-state index in [1.54, 1.807) is 7.11 Å². The molecular formula is C20H17N3O2S. The summed E-state index contributed by atoms with van der Waals surface area (Å²) < 4.78 is 7.25. The van der Waals surface area contributed by atoms with Crippen molar-refractivity contribution in [3.05, 3.63) is 65.7 Å². The lowest BCUT2D eigenvalue weighted by molar-refractivity contribution is 0.102. The maximum Gasteiger partial charge on any atom is 0.274 e. The number of hydrogen-bond acceptors (Lipinski definition) is 4. The third-order valence-electron chi connectivity index (χ3n) is 4.29. The molecule has 0 aliphatic carbocycles. The SMILES string of the molecule is COc1cccc2c1cc(C(=O)Nc1nc(-c3ccccc3)cs1)n2C. The Kier molecular flexibility index (Phi) is 4.18. The molecule has 0 fully saturated rings. The standard InChI is InChI=1S/C20H17N3O2S/c1-23-16-9-6-10-18(25-2)14(16)11-17(23)19(24)22-20-21-15(12-26-20)13-7-4-3-5-8-13/h3-12H,1-2H3,(H,21,22,24). The van der Waals surface area contributed by atoms with Gasteiger partial charge >= 0.3 is 0 Å². The van der Waals surface area contributed by atoms with Crippen LogP contribution in [-0.4, -0.2) is 22.6 Å². The number of aromatic nitrogens is 2. The summed E-state index contributed by atoms with van der Waals surface area (Å²) in [6, 6.07) is 17.5. The summed E-state index contributed by atoms with van der Waals surface area (Å²) in [5, 5.41) is 6.32. The maximum atomic E-state index is 12.7. The summed E-state index contributed by atoms with van der Waals surface area (Å²) in [6.45, 7) is 0. The number of carbonyl (C=O) groups is 1. The second kappa shape index (κ2) is 6.65. The highest BCUT2D eigenvalue weighted by molar-refractivity contribution is 7.14. The van der Waals surface area contributed by atoms with E-state index in [0.717, 1.165) is 27.9 Å². The van der Waals surface area contributed by atoms with E-state index in [-0.39, 0.29) is 5.91 Å². The van der Waals surface area contributed by atoms with Gasteiger partial charge in [0.05, 0.1) is 18.3 Å². The van der Waals surface area contributed by atoms with Crippen molar-refractivity contribution in [2.24, 2.45) is 7.05 Å². The van der Waals surface area contributed by atoms with Crippen LogP contribution < -0.4 is 10.1 Å². The first-order valence-corrected chi connectivity index (χ1v) is 9.00. The molecule has 2 aromatic heterocycles. The highest BCUT2D eigenvalue weighted by atomic mass is 32.1. The Balaban J connectivity index is 1.62. The van der Waals surface area contributed by atoms with Gasteiger partial charge < -0.3 is 9.30 Å². The molecule has 2 heterocycles. The minimum atomic E-state index is -0.195. The van der Waals surface area contributed by atoms with Crippen molar-refractivity contribution in [3.8, 4) is 17.0 Å². The number of amides is 1. The molecule has 0 spiro atoms. The van der Waals surface area contributed by atoms with Gasteiger partial charge in [-0.1, -0.05) is 36.4 Å². The molecule has 1 amide bonds. The average Bonchev–Trinajstić information content (AvgIpc) is 3.27. The van der Waals surface area contributed by atoms with Gasteiger partial charge in [0.1, 0.15) is 11.4 Å². The predicted octanol–water partition coefficient (Wildman–Crippen LogP) is 4.56. The monoisotopic (exact) mass is 363 g/mol. The highest BCUT2D eigenvalue weighted by Gasteiger charge is 2.17. The van der Waals surface area contributed by atoms with E-state index < -0.39 is 0 Å². The van der Waals surface area contributed by atoms with Gasteiger partial charge in [0.2, 0.25) is 0 Å². The molecule has 4 rings (SSSR count). The molecule has 0 aliphatic rings. The normalized spacial score (nSPS) is 10.8. The van der Waals surface area contributed by atoms with Crippen molar-refractivity contribution in [2.45, 2.75) is 0 Å². The molecule has 4 aromatic rings. The van der Waals surface area contributed by atoms with Crippen LogP contribution in [0.4, 0.5) is 5.13 Å². The van der Waals surface area contributed by atoms with E-state index in [1.807, 2.05) is 71.6 Å². The number of benzene rings is 2. The number of methoxy groups -OCH3 is 1. The van der Waals surface area contributed by atoms with Crippen LogP contribution in [0, 0.1) is 0 Å². The zero-order chi connectivity index (χ0) is 18.1. The number of rotatable bonds is 4. The zero-order valence-electron chi connectivity index (χ0n) is 14.4. The lowest BCUT2D eigenvalue weighted by atomic mass is 10.2. The largest absolute Gasteiger partial charge is 0.496 e. The molecule has 130 valence electrons. The Hall–Kier alpha value is -3.12. The summed E-state index contributed by atoms with van der Waals surface area (Å²) in [4.78, 5) is 17.3. The predicted molar refractivity (Wildman–Crippen MR) is 105 cm³/mol. The van der Waals surface area contributed by atoms with Crippen molar-refractivity contribution >= 4 is 33.3 Å². The van der Waals surface area contributed by atoms with Crippen LogP contribution in [-0.2, 0) is 7.05 Å². The number of hydrogen-bond donors (Lipinski definition) is 1. The Morgan fingerprint density at radius 2 is 1.96 bits per heavy atom. The van der Waals surface area contributed by atoms with Crippen LogP contribution in [0.3, 0.4) is 0 Å². The van der Waals surface area contributed by atoms with Gasteiger partial charge in [0.25, 0.3) is 5.91 Å². The number of nitrogens with one attached hydrogen (secondary N) is 1. The van der Waals surface area contributed by atoms with E-state index in [9.17, 15) is 4.79 Å². The molecule has 0 atom stereocenters. The fraction of sp³-hybridized carbons (Fsp3) is 0.100. The molecule has 1 N–H and O–H groups in total. The number of anilines is 1. The smallest absolute Gasteiger partial charge is 0.274 e. The number of ether oxygens (including phenoxy) is 1. The highest BCUT2D eigenvalue weighted by Crippen LogP contribution is 2.29. The van der Waals surface area contributed by atoms with Gasteiger partial charge in [-0.2, -0.15) is 0 Å². The Bertz CT molecular complexity index is 1080. The van der Waals surface area contributed by atoms with Crippen LogP contribution in [0.1, 0.15) is 10.5 Å². The summed E-state index contributed by atoms with van der Waals surface area (Å²) >= 11 is 1.41. The second-order valence-corrected chi connectivity index (χ2v) is 6.70. The van der Waals surface area contributed by atoms with Gasteiger partial charge in [-0.15, -0.1) is 11.3 Å². The fourth-order valence-corrected chi connectivity index (χ4v) is 3.68. The van der Waals surface area contributed by atoms with Crippen LogP contribution in [0.25, 0.3) is 22.2 Å². The summed E-state index contributed by atoms with van der Waals surface area (Å²) in [5.74, 6) is 0.553. The van der Waals surface area contributed by atoms with Crippen molar-refractivity contribution in [2.75, 3.05) is 12.4 Å². The van der Waals surface area contributed by atoms with Gasteiger partial charge in [-0.05, 0) is 18.2 Å². The summed E-state index contributed by atoms with van der Waals surface area (Å²) in [5.41, 5.74) is 3.38. The summed E-state index contributed by atoms with van der Waals surface area (Å²) in [7, 11) is 3.50. The Morgan fingerprint density at radius 3 is 2.73 bits per heavy atom. The minimum absolute atomic E-state index is 0.195. The first-order chi connectivity index (χ1) is 12.7. The van der Waals surface area contributed by atoms with E-state index >= 15 is 0 Å². The molecule has 26 heavy (non-hydrogen) atoms. The first kappa shape index (κ1) is 16.4. The van der Waals surface area contributed by atoms with Crippen molar-refractivity contribution in [3.63, 3.8) is 0 Å². The fourth-order valence-electron chi connectivity index (χ4n) is 2.96. The third kappa shape index (κ3) is 2.84. The molecule has 0 saturated carbocycles.